The largest absolute Gasteiger partial charge is 0.478 e. The van der Waals surface area contributed by atoms with E-state index in [1.165, 1.54) is 12.5 Å². The molecule has 0 aromatic heterocycles. The van der Waals surface area contributed by atoms with Gasteiger partial charge < -0.3 is 14.7 Å². The highest BCUT2D eigenvalue weighted by molar-refractivity contribution is 9.10. The molecule has 0 saturated carbocycles. The van der Waals surface area contributed by atoms with E-state index in [4.69, 9.17) is 9.84 Å². The number of nitrogens with zero attached hydrogens (tertiary/aromatic N) is 1. The molecule has 1 aliphatic heterocycles. The third kappa shape index (κ3) is 4.86. The standard InChI is InChI=1S/C16H20BrNO3/c1-18(10-12-3-2-8-21-11-12)15-6-5-14(17)9-13(15)4-7-16(19)20/h4-7,9,12H,2-3,8,10-11H2,1H3,(H,19,20)/b7-4+. The highest BCUT2D eigenvalue weighted by Gasteiger charge is 2.17. The Bertz CT molecular complexity index is 524. The van der Waals surface area contributed by atoms with E-state index in [9.17, 15) is 4.79 Å². The zero-order valence-corrected chi connectivity index (χ0v) is 13.7. The maximum atomic E-state index is 10.7. The minimum Gasteiger partial charge on any atom is -0.478 e. The number of hydrogen-bond acceptors (Lipinski definition) is 3. The molecule has 1 N–H and O–H groups in total. The number of carbonyl (C=O) groups is 1. The first-order valence-electron chi connectivity index (χ1n) is 7.05. The van der Waals surface area contributed by atoms with Crippen LogP contribution in [0.2, 0.25) is 0 Å². The van der Waals surface area contributed by atoms with Gasteiger partial charge in [0.1, 0.15) is 0 Å². The normalized spacial score (nSPS) is 18.9. The highest BCUT2D eigenvalue weighted by atomic mass is 79.9. The van der Waals surface area contributed by atoms with Crippen LogP contribution in [0, 0.1) is 5.92 Å². The number of rotatable bonds is 5. The van der Waals surface area contributed by atoms with E-state index in [2.05, 4.69) is 20.8 Å². The Morgan fingerprint density at radius 1 is 1.57 bits per heavy atom. The number of hydrogen-bond donors (Lipinski definition) is 1. The molecule has 5 heteroatoms. The Morgan fingerprint density at radius 3 is 3.05 bits per heavy atom. The SMILES string of the molecule is CN(CC1CCCOC1)c1ccc(Br)cc1/C=C/C(=O)O. The van der Waals surface area contributed by atoms with Crippen molar-refractivity contribution in [3.05, 3.63) is 34.3 Å². The van der Waals surface area contributed by atoms with Crippen molar-refractivity contribution in [2.24, 2.45) is 5.92 Å². The van der Waals surface area contributed by atoms with Crippen molar-refractivity contribution >= 4 is 33.7 Å². The molecule has 0 bridgehead atoms. The van der Waals surface area contributed by atoms with Gasteiger partial charge in [-0.1, -0.05) is 15.9 Å². The van der Waals surface area contributed by atoms with Crippen LogP contribution in [0.1, 0.15) is 18.4 Å². The van der Waals surface area contributed by atoms with Gasteiger partial charge in [0, 0.05) is 36.4 Å². The van der Waals surface area contributed by atoms with Crippen LogP contribution < -0.4 is 4.90 Å². The first-order valence-corrected chi connectivity index (χ1v) is 7.85. The zero-order valence-electron chi connectivity index (χ0n) is 12.1. The van der Waals surface area contributed by atoms with Gasteiger partial charge in [-0.05, 0) is 48.6 Å². The molecule has 114 valence electrons. The van der Waals surface area contributed by atoms with Crippen molar-refractivity contribution in [2.45, 2.75) is 12.8 Å². The first-order chi connectivity index (χ1) is 10.1. The number of ether oxygens (including phenoxy) is 1. The predicted octanol–water partition coefficient (Wildman–Crippen LogP) is 3.41. The second kappa shape index (κ2) is 7.61. The lowest BCUT2D eigenvalue weighted by Gasteiger charge is -2.29. The minimum atomic E-state index is -0.941. The molecule has 1 aromatic carbocycles. The van der Waals surface area contributed by atoms with Crippen molar-refractivity contribution < 1.29 is 14.6 Å². The summed E-state index contributed by atoms with van der Waals surface area (Å²) in [5.41, 5.74) is 1.92. The second-order valence-electron chi connectivity index (χ2n) is 5.34. The topological polar surface area (TPSA) is 49.8 Å². The van der Waals surface area contributed by atoms with Crippen LogP contribution in [0.4, 0.5) is 5.69 Å². The van der Waals surface area contributed by atoms with E-state index in [0.29, 0.717) is 5.92 Å². The molecule has 1 unspecified atom stereocenters. The van der Waals surface area contributed by atoms with E-state index in [1.54, 1.807) is 6.08 Å². The van der Waals surface area contributed by atoms with Crippen molar-refractivity contribution in [3.8, 4) is 0 Å². The molecule has 0 amide bonds. The Labute approximate surface area is 133 Å². The second-order valence-corrected chi connectivity index (χ2v) is 6.25. The van der Waals surface area contributed by atoms with Gasteiger partial charge >= 0.3 is 5.97 Å². The van der Waals surface area contributed by atoms with Gasteiger partial charge in [-0.2, -0.15) is 0 Å². The lowest BCUT2D eigenvalue weighted by atomic mass is 10.0. The summed E-state index contributed by atoms with van der Waals surface area (Å²) >= 11 is 3.43. The third-order valence-corrected chi connectivity index (χ3v) is 4.09. The first kappa shape index (κ1) is 16.0. The van der Waals surface area contributed by atoms with Gasteiger partial charge in [-0.3, -0.25) is 0 Å². The minimum absolute atomic E-state index is 0.531. The molecule has 1 fully saturated rings. The lowest BCUT2D eigenvalue weighted by Crippen LogP contribution is -2.31. The summed E-state index contributed by atoms with van der Waals surface area (Å²) in [6, 6.07) is 5.92. The Morgan fingerprint density at radius 2 is 2.38 bits per heavy atom. The molecule has 0 radical (unpaired) electrons. The highest BCUT2D eigenvalue weighted by Crippen LogP contribution is 2.27. The van der Waals surface area contributed by atoms with Crippen molar-refractivity contribution in [3.63, 3.8) is 0 Å². The van der Waals surface area contributed by atoms with Crippen LogP contribution >= 0.6 is 15.9 Å². The maximum absolute atomic E-state index is 10.7. The number of carboxylic acids is 1. The fraction of sp³-hybridized carbons (Fsp3) is 0.438. The molecule has 1 atom stereocenters. The molecule has 1 aromatic rings. The van der Waals surface area contributed by atoms with Crippen molar-refractivity contribution in [2.75, 3.05) is 31.7 Å². The molecule has 1 saturated heterocycles. The summed E-state index contributed by atoms with van der Waals surface area (Å²) in [5, 5.41) is 8.81. The molecular weight excluding hydrogens is 334 g/mol. The van der Waals surface area contributed by atoms with E-state index in [-0.39, 0.29) is 0 Å². The van der Waals surface area contributed by atoms with Crippen LogP contribution in [-0.2, 0) is 9.53 Å². The number of benzene rings is 1. The predicted molar refractivity (Wildman–Crippen MR) is 87.6 cm³/mol. The van der Waals surface area contributed by atoms with Gasteiger partial charge in [0.25, 0.3) is 0 Å². The van der Waals surface area contributed by atoms with Gasteiger partial charge in [0.15, 0.2) is 0 Å². The average molecular weight is 354 g/mol. The summed E-state index contributed by atoms with van der Waals surface area (Å²) < 4.78 is 6.46. The van der Waals surface area contributed by atoms with Gasteiger partial charge in [0.2, 0.25) is 0 Å². The zero-order chi connectivity index (χ0) is 15.2. The fourth-order valence-corrected chi connectivity index (χ4v) is 2.98. The van der Waals surface area contributed by atoms with Crippen LogP contribution in [0.25, 0.3) is 6.08 Å². The fourth-order valence-electron chi connectivity index (χ4n) is 2.60. The number of aliphatic carboxylic acids is 1. The molecule has 21 heavy (non-hydrogen) atoms. The Kier molecular flexibility index (Phi) is 5.82. The Balaban J connectivity index is 2.14. The van der Waals surface area contributed by atoms with E-state index in [0.717, 1.165) is 41.9 Å². The molecular formula is C16H20BrNO3. The smallest absolute Gasteiger partial charge is 0.328 e. The molecule has 0 spiro atoms. The molecule has 4 nitrogen and oxygen atoms in total. The third-order valence-electron chi connectivity index (χ3n) is 3.59. The molecule has 2 rings (SSSR count). The maximum Gasteiger partial charge on any atom is 0.328 e. The average Bonchev–Trinajstić information content (AvgIpc) is 2.46. The summed E-state index contributed by atoms with van der Waals surface area (Å²) in [4.78, 5) is 12.9. The number of halogens is 1. The van der Waals surface area contributed by atoms with E-state index >= 15 is 0 Å². The van der Waals surface area contributed by atoms with E-state index < -0.39 is 5.97 Å². The number of carboxylic acid groups (broad SMARTS) is 1. The van der Waals surface area contributed by atoms with Crippen LogP contribution in [-0.4, -0.2) is 37.9 Å². The quantitative estimate of drug-likeness (QED) is 0.824. The summed E-state index contributed by atoms with van der Waals surface area (Å²) in [6.07, 6.45) is 5.10. The molecule has 1 aliphatic rings. The van der Waals surface area contributed by atoms with Crippen LogP contribution in [0.5, 0.6) is 0 Å². The van der Waals surface area contributed by atoms with Crippen molar-refractivity contribution in [1.82, 2.24) is 0 Å². The van der Waals surface area contributed by atoms with Crippen LogP contribution in [0.3, 0.4) is 0 Å². The van der Waals surface area contributed by atoms with Crippen LogP contribution in [0.15, 0.2) is 28.7 Å². The molecule has 0 aliphatic carbocycles. The lowest BCUT2D eigenvalue weighted by molar-refractivity contribution is -0.131. The summed E-state index contributed by atoms with van der Waals surface area (Å²) in [7, 11) is 2.04. The van der Waals surface area contributed by atoms with E-state index in [1.807, 2.05) is 25.2 Å². The van der Waals surface area contributed by atoms with Gasteiger partial charge in [0.05, 0.1) is 6.61 Å². The van der Waals surface area contributed by atoms with Gasteiger partial charge in [-0.25, -0.2) is 4.79 Å². The summed E-state index contributed by atoms with van der Waals surface area (Å²) in [6.45, 7) is 2.59. The number of anilines is 1. The monoisotopic (exact) mass is 353 g/mol. The summed E-state index contributed by atoms with van der Waals surface area (Å²) in [5.74, 6) is -0.409. The van der Waals surface area contributed by atoms with Crippen molar-refractivity contribution in [1.29, 1.82) is 0 Å². The Hall–Kier alpha value is -1.33. The molecule has 1 heterocycles. The van der Waals surface area contributed by atoms with Gasteiger partial charge in [-0.15, -0.1) is 0 Å².